The van der Waals surface area contributed by atoms with Crippen LogP contribution in [0.1, 0.15) is 18.1 Å². The number of carbonyl (C=O) groups excluding carboxylic acids is 1. The van der Waals surface area contributed by atoms with E-state index in [2.05, 4.69) is 26.5 Å². The lowest BCUT2D eigenvalue weighted by molar-refractivity contribution is -0.384. The number of rotatable bonds is 6. The minimum Gasteiger partial charge on any atom is -0.483 e. The maximum atomic E-state index is 11.8. The van der Waals surface area contributed by atoms with Gasteiger partial charge in [0.05, 0.1) is 15.1 Å². The van der Waals surface area contributed by atoms with Crippen molar-refractivity contribution in [3.63, 3.8) is 0 Å². The van der Waals surface area contributed by atoms with Crippen molar-refractivity contribution in [3.05, 3.63) is 68.2 Å². The number of benzene rings is 2. The summed E-state index contributed by atoms with van der Waals surface area (Å²) in [7, 11) is 0. The highest BCUT2D eigenvalue weighted by Gasteiger charge is 2.09. The van der Waals surface area contributed by atoms with Gasteiger partial charge in [-0.25, -0.2) is 5.43 Å². The quantitative estimate of drug-likeness (QED) is 0.451. The molecule has 0 heterocycles. The number of nitro benzene ring substituents is 1. The molecule has 0 aliphatic carbocycles. The van der Waals surface area contributed by atoms with Crippen molar-refractivity contribution in [2.45, 2.75) is 13.8 Å². The minimum atomic E-state index is -0.483. The highest BCUT2D eigenvalue weighted by Crippen LogP contribution is 2.25. The van der Waals surface area contributed by atoms with E-state index in [1.165, 1.54) is 12.1 Å². The number of nitrogens with zero attached hydrogens (tertiary/aromatic N) is 2. The molecule has 2 rings (SSSR count). The number of hydrazone groups is 1. The van der Waals surface area contributed by atoms with Crippen LogP contribution in [-0.2, 0) is 4.79 Å². The lowest BCUT2D eigenvalue weighted by atomic mass is 10.1. The summed E-state index contributed by atoms with van der Waals surface area (Å²) < 4.78 is 6.19. The van der Waals surface area contributed by atoms with E-state index in [-0.39, 0.29) is 12.3 Å². The van der Waals surface area contributed by atoms with Gasteiger partial charge >= 0.3 is 0 Å². The summed E-state index contributed by atoms with van der Waals surface area (Å²) in [5, 5.41) is 14.7. The Morgan fingerprint density at radius 3 is 2.76 bits per heavy atom. The largest absolute Gasteiger partial charge is 0.483 e. The second-order valence-electron chi connectivity index (χ2n) is 5.26. The number of carbonyl (C=O) groups is 1. The van der Waals surface area contributed by atoms with Gasteiger partial charge in [0.15, 0.2) is 6.61 Å². The van der Waals surface area contributed by atoms with Gasteiger partial charge in [-0.15, -0.1) is 0 Å². The van der Waals surface area contributed by atoms with E-state index in [0.29, 0.717) is 17.0 Å². The van der Waals surface area contributed by atoms with E-state index in [9.17, 15) is 14.9 Å². The summed E-state index contributed by atoms with van der Waals surface area (Å²) in [6.07, 6.45) is 0. The highest BCUT2D eigenvalue weighted by atomic mass is 79.9. The number of non-ortho nitro benzene ring substituents is 1. The third-order valence-corrected chi connectivity index (χ3v) is 3.89. The van der Waals surface area contributed by atoms with E-state index >= 15 is 0 Å². The van der Waals surface area contributed by atoms with Crippen LogP contribution in [0.3, 0.4) is 0 Å². The number of amides is 1. The molecule has 0 spiro atoms. The van der Waals surface area contributed by atoms with E-state index in [0.717, 1.165) is 10.0 Å². The summed E-state index contributed by atoms with van der Waals surface area (Å²) in [6, 6.07) is 11.6. The number of nitrogens with one attached hydrogen (secondary N) is 1. The highest BCUT2D eigenvalue weighted by molar-refractivity contribution is 9.10. The summed E-state index contributed by atoms with van der Waals surface area (Å²) in [6.45, 7) is 3.40. The second-order valence-corrected chi connectivity index (χ2v) is 6.12. The zero-order valence-electron chi connectivity index (χ0n) is 13.7. The fourth-order valence-corrected chi connectivity index (χ4v) is 2.56. The topological polar surface area (TPSA) is 93.8 Å². The summed E-state index contributed by atoms with van der Waals surface area (Å²) in [5.41, 5.74) is 4.41. The van der Waals surface area contributed by atoms with Crippen molar-refractivity contribution in [1.82, 2.24) is 5.43 Å². The fraction of sp³-hybridized carbons (Fsp3) is 0.176. The summed E-state index contributed by atoms with van der Waals surface area (Å²) in [4.78, 5) is 22.1. The Hall–Kier alpha value is -2.74. The molecular weight excluding hydrogens is 390 g/mol. The summed E-state index contributed by atoms with van der Waals surface area (Å²) in [5.74, 6) is 0.123. The molecule has 0 fully saturated rings. The van der Waals surface area contributed by atoms with Gasteiger partial charge in [0.1, 0.15) is 5.75 Å². The van der Waals surface area contributed by atoms with Crippen molar-refractivity contribution >= 4 is 33.2 Å². The van der Waals surface area contributed by atoms with E-state index in [1.54, 1.807) is 25.1 Å². The molecule has 0 saturated carbocycles. The molecule has 130 valence electrons. The van der Waals surface area contributed by atoms with Gasteiger partial charge in [0.2, 0.25) is 0 Å². The third kappa shape index (κ3) is 5.39. The fourth-order valence-electron chi connectivity index (χ4n) is 1.95. The second kappa shape index (κ2) is 8.39. The van der Waals surface area contributed by atoms with Crippen molar-refractivity contribution < 1.29 is 14.5 Å². The van der Waals surface area contributed by atoms with E-state index in [1.807, 2.05) is 19.1 Å². The molecule has 0 aliphatic heterocycles. The normalized spacial score (nSPS) is 11.1. The van der Waals surface area contributed by atoms with Gasteiger partial charge in [0, 0.05) is 17.7 Å². The van der Waals surface area contributed by atoms with Crippen LogP contribution in [0, 0.1) is 17.0 Å². The molecular formula is C17H16BrN3O4. The Balaban J connectivity index is 1.95. The van der Waals surface area contributed by atoms with E-state index in [4.69, 9.17) is 4.74 Å². The third-order valence-electron chi connectivity index (χ3n) is 3.27. The van der Waals surface area contributed by atoms with Gasteiger partial charge in [-0.3, -0.25) is 14.9 Å². The monoisotopic (exact) mass is 405 g/mol. The molecule has 8 heteroatoms. The molecule has 25 heavy (non-hydrogen) atoms. The molecule has 0 saturated heterocycles. The minimum absolute atomic E-state index is 0.0362. The number of hydrogen-bond acceptors (Lipinski definition) is 5. The van der Waals surface area contributed by atoms with Crippen molar-refractivity contribution in [1.29, 1.82) is 0 Å². The van der Waals surface area contributed by atoms with Crippen LogP contribution in [0.4, 0.5) is 5.69 Å². The van der Waals surface area contributed by atoms with Gasteiger partial charge in [-0.1, -0.05) is 18.2 Å². The molecule has 0 unspecified atom stereocenters. The number of aryl methyl sites for hydroxylation is 1. The Morgan fingerprint density at radius 1 is 1.32 bits per heavy atom. The first-order chi connectivity index (χ1) is 11.9. The molecule has 2 aromatic carbocycles. The average molecular weight is 406 g/mol. The Morgan fingerprint density at radius 2 is 2.08 bits per heavy atom. The lowest BCUT2D eigenvalue weighted by Gasteiger charge is -2.08. The smallest absolute Gasteiger partial charge is 0.277 e. The Kier molecular flexibility index (Phi) is 6.24. The van der Waals surface area contributed by atoms with Crippen LogP contribution in [0.5, 0.6) is 5.75 Å². The Bertz CT molecular complexity index is 836. The first-order valence-corrected chi connectivity index (χ1v) is 8.13. The van der Waals surface area contributed by atoms with Crippen LogP contribution in [0.2, 0.25) is 0 Å². The van der Waals surface area contributed by atoms with Gasteiger partial charge in [0.25, 0.3) is 11.6 Å². The molecule has 7 nitrogen and oxygen atoms in total. The van der Waals surface area contributed by atoms with Crippen molar-refractivity contribution in [2.24, 2.45) is 5.10 Å². The summed E-state index contributed by atoms with van der Waals surface area (Å²) >= 11 is 3.37. The Labute approximate surface area is 153 Å². The molecule has 2 aromatic rings. The van der Waals surface area contributed by atoms with Crippen LogP contribution in [0.25, 0.3) is 0 Å². The number of halogens is 1. The number of nitro groups is 1. The maximum absolute atomic E-state index is 11.8. The van der Waals surface area contributed by atoms with Gasteiger partial charge < -0.3 is 4.74 Å². The lowest BCUT2D eigenvalue weighted by Crippen LogP contribution is -2.25. The molecule has 1 N–H and O–H groups in total. The SMILES string of the molecule is C/C(=N/NC(=O)COc1ccc(C)cc1Br)c1cccc([N+](=O)[O-])c1. The zero-order chi connectivity index (χ0) is 18.4. The standard InChI is InChI=1S/C17H16BrN3O4/c1-11-6-7-16(15(18)8-11)25-10-17(22)20-19-12(2)13-4-3-5-14(9-13)21(23)24/h3-9H,10H2,1-2H3,(H,20,22)/b19-12-. The average Bonchev–Trinajstić information content (AvgIpc) is 2.59. The van der Waals surface area contributed by atoms with Gasteiger partial charge in [-0.2, -0.15) is 5.10 Å². The molecule has 0 aromatic heterocycles. The number of ether oxygens (including phenoxy) is 1. The predicted octanol–water partition coefficient (Wildman–Crippen LogP) is 3.58. The zero-order valence-corrected chi connectivity index (χ0v) is 15.2. The van der Waals surface area contributed by atoms with Gasteiger partial charge in [-0.05, 0) is 47.5 Å². The maximum Gasteiger partial charge on any atom is 0.277 e. The van der Waals surface area contributed by atoms with Crippen LogP contribution < -0.4 is 10.2 Å². The number of hydrogen-bond donors (Lipinski definition) is 1. The van der Waals surface area contributed by atoms with Crippen LogP contribution >= 0.6 is 15.9 Å². The molecule has 0 bridgehead atoms. The first kappa shape index (κ1) is 18.6. The molecule has 0 aliphatic rings. The van der Waals surface area contributed by atoms with Crippen molar-refractivity contribution in [2.75, 3.05) is 6.61 Å². The van der Waals surface area contributed by atoms with Crippen molar-refractivity contribution in [3.8, 4) is 5.75 Å². The first-order valence-electron chi connectivity index (χ1n) is 7.33. The molecule has 0 radical (unpaired) electrons. The van der Waals surface area contributed by atoms with E-state index < -0.39 is 10.8 Å². The molecule has 0 atom stereocenters. The predicted molar refractivity (Wildman–Crippen MR) is 97.8 cm³/mol. The van der Waals surface area contributed by atoms with Crippen LogP contribution in [0.15, 0.2) is 52.0 Å². The van der Waals surface area contributed by atoms with Crippen LogP contribution in [-0.4, -0.2) is 23.1 Å². The molecule has 1 amide bonds.